The van der Waals surface area contributed by atoms with E-state index in [1.165, 1.54) is 24.3 Å². The Morgan fingerprint density at radius 1 is 1.21 bits per heavy atom. The van der Waals surface area contributed by atoms with Crippen LogP contribution in [-0.4, -0.2) is 16.1 Å². The normalized spacial score (nSPS) is 11.6. The predicted octanol–water partition coefficient (Wildman–Crippen LogP) is 2.90. The average molecular weight is 272 g/mol. The molecular formula is C12H8F4N2O. The molecule has 0 fully saturated rings. The molecule has 2 aromatic rings. The largest absolute Gasteiger partial charge is 0.435 e. The zero-order valence-corrected chi connectivity index (χ0v) is 9.49. The first-order valence-electron chi connectivity index (χ1n) is 5.25. The van der Waals surface area contributed by atoms with Crippen molar-refractivity contribution < 1.29 is 22.4 Å². The van der Waals surface area contributed by atoms with Gasteiger partial charge in [0.1, 0.15) is 11.5 Å². The van der Waals surface area contributed by atoms with E-state index >= 15 is 0 Å². The Morgan fingerprint density at radius 2 is 1.84 bits per heavy atom. The molecule has 2 rings (SSSR count). The van der Waals surface area contributed by atoms with Crippen molar-refractivity contribution >= 4 is 6.29 Å². The molecule has 0 unspecified atom stereocenters. The van der Waals surface area contributed by atoms with Gasteiger partial charge in [-0.1, -0.05) is 12.1 Å². The molecule has 0 radical (unpaired) electrons. The second-order valence-electron chi connectivity index (χ2n) is 3.85. The monoisotopic (exact) mass is 272 g/mol. The molecule has 0 amide bonds. The Balaban J connectivity index is 2.31. The van der Waals surface area contributed by atoms with E-state index in [1.807, 2.05) is 0 Å². The molecule has 3 nitrogen and oxygen atoms in total. The number of aldehydes is 1. The Kier molecular flexibility index (Phi) is 3.37. The van der Waals surface area contributed by atoms with Crippen LogP contribution in [0.5, 0.6) is 0 Å². The van der Waals surface area contributed by atoms with Crippen molar-refractivity contribution in [3.63, 3.8) is 0 Å². The number of nitrogens with zero attached hydrogens (tertiary/aromatic N) is 2. The van der Waals surface area contributed by atoms with Crippen molar-refractivity contribution in [2.75, 3.05) is 0 Å². The van der Waals surface area contributed by atoms with Gasteiger partial charge in [0.15, 0.2) is 12.0 Å². The van der Waals surface area contributed by atoms with Crippen molar-refractivity contribution in [2.45, 2.75) is 12.7 Å². The Bertz CT molecular complexity index is 587. The maximum absolute atomic E-state index is 12.7. The van der Waals surface area contributed by atoms with Gasteiger partial charge in [-0.05, 0) is 23.8 Å². The third-order valence-electron chi connectivity index (χ3n) is 2.47. The molecule has 100 valence electrons. The Hall–Kier alpha value is -2.18. The molecule has 0 spiro atoms. The molecule has 0 aliphatic rings. The third kappa shape index (κ3) is 2.98. The van der Waals surface area contributed by atoms with Crippen LogP contribution in [0.15, 0.2) is 30.3 Å². The van der Waals surface area contributed by atoms with Gasteiger partial charge in [-0.3, -0.25) is 9.48 Å². The first kappa shape index (κ1) is 13.3. The number of hydrogen-bond donors (Lipinski definition) is 0. The third-order valence-corrected chi connectivity index (χ3v) is 2.47. The highest BCUT2D eigenvalue weighted by Gasteiger charge is 2.34. The van der Waals surface area contributed by atoms with Crippen molar-refractivity contribution in [3.8, 4) is 0 Å². The molecule has 0 bridgehead atoms. The molecule has 0 atom stereocenters. The summed E-state index contributed by atoms with van der Waals surface area (Å²) < 4.78 is 51.0. The van der Waals surface area contributed by atoms with Gasteiger partial charge in [-0.2, -0.15) is 18.3 Å². The molecular weight excluding hydrogens is 264 g/mol. The lowest BCUT2D eigenvalue weighted by molar-refractivity contribution is -0.141. The lowest BCUT2D eigenvalue weighted by Gasteiger charge is -2.04. The number of benzene rings is 1. The van der Waals surface area contributed by atoms with Crippen LogP contribution >= 0.6 is 0 Å². The number of hydrogen-bond acceptors (Lipinski definition) is 2. The number of aromatic nitrogens is 2. The fourth-order valence-electron chi connectivity index (χ4n) is 1.55. The van der Waals surface area contributed by atoms with Gasteiger partial charge in [0, 0.05) is 0 Å². The summed E-state index contributed by atoms with van der Waals surface area (Å²) in [5.74, 6) is -0.448. The summed E-state index contributed by atoms with van der Waals surface area (Å²) in [7, 11) is 0. The van der Waals surface area contributed by atoms with Crippen molar-refractivity contribution in [3.05, 3.63) is 53.1 Å². The minimum atomic E-state index is -4.61. The summed E-state index contributed by atoms with van der Waals surface area (Å²) in [5.41, 5.74) is -0.769. The van der Waals surface area contributed by atoms with Gasteiger partial charge in [-0.15, -0.1) is 0 Å². The van der Waals surface area contributed by atoms with Crippen LogP contribution in [0.25, 0.3) is 0 Å². The average Bonchev–Trinajstić information content (AvgIpc) is 2.75. The van der Waals surface area contributed by atoms with E-state index in [1.54, 1.807) is 0 Å². The highest BCUT2D eigenvalue weighted by atomic mass is 19.4. The molecule has 0 saturated heterocycles. The summed E-state index contributed by atoms with van der Waals surface area (Å²) in [6, 6.07) is 5.88. The van der Waals surface area contributed by atoms with Crippen molar-refractivity contribution in [2.24, 2.45) is 0 Å². The van der Waals surface area contributed by atoms with E-state index in [2.05, 4.69) is 5.10 Å². The Morgan fingerprint density at radius 3 is 2.37 bits per heavy atom. The van der Waals surface area contributed by atoms with E-state index in [0.29, 0.717) is 17.9 Å². The van der Waals surface area contributed by atoms with Crippen LogP contribution in [0.4, 0.5) is 17.6 Å². The number of alkyl halides is 3. The van der Waals surface area contributed by atoms with Gasteiger partial charge < -0.3 is 0 Å². The molecule has 1 heterocycles. The van der Waals surface area contributed by atoms with E-state index < -0.39 is 17.7 Å². The fourth-order valence-corrected chi connectivity index (χ4v) is 1.55. The van der Waals surface area contributed by atoms with E-state index in [0.717, 1.165) is 4.68 Å². The zero-order chi connectivity index (χ0) is 14.0. The van der Waals surface area contributed by atoms with E-state index in [-0.39, 0.29) is 12.2 Å². The lowest BCUT2D eigenvalue weighted by atomic mass is 10.2. The van der Waals surface area contributed by atoms with Crippen LogP contribution in [-0.2, 0) is 12.7 Å². The summed E-state index contributed by atoms with van der Waals surface area (Å²) in [5, 5.41) is 3.34. The molecule has 1 aromatic heterocycles. The molecule has 0 aliphatic heterocycles. The maximum atomic E-state index is 12.7. The van der Waals surface area contributed by atoms with Crippen molar-refractivity contribution in [1.29, 1.82) is 0 Å². The summed E-state index contributed by atoms with van der Waals surface area (Å²) >= 11 is 0. The second-order valence-corrected chi connectivity index (χ2v) is 3.85. The van der Waals surface area contributed by atoms with E-state index in [4.69, 9.17) is 0 Å². The zero-order valence-electron chi connectivity index (χ0n) is 9.49. The minimum absolute atomic E-state index is 0.0373. The highest BCUT2D eigenvalue weighted by Crippen LogP contribution is 2.28. The SMILES string of the molecule is O=Cc1cc(C(F)(F)F)nn1Cc1ccc(F)cc1. The standard InChI is InChI=1S/C12H8F4N2O/c13-9-3-1-8(2-4-9)6-18-10(7-19)5-11(17-18)12(14,15)16/h1-5,7H,6H2. The smallest absolute Gasteiger partial charge is 0.296 e. The van der Waals surface area contributed by atoms with Crippen molar-refractivity contribution in [1.82, 2.24) is 9.78 Å². The predicted molar refractivity (Wildman–Crippen MR) is 58.1 cm³/mol. The van der Waals surface area contributed by atoms with E-state index in [9.17, 15) is 22.4 Å². The molecule has 0 N–H and O–H groups in total. The van der Waals surface area contributed by atoms with Gasteiger partial charge in [0.2, 0.25) is 0 Å². The number of rotatable bonds is 3. The minimum Gasteiger partial charge on any atom is -0.296 e. The lowest BCUT2D eigenvalue weighted by Crippen LogP contribution is -2.09. The number of carbonyl (C=O) groups is 1. The maximum Gasteiger partial charge on any atom is 0.435 e. The van der Waals surface area contributed by atoms with Gasteiger partial charge >= 0.3 is 6.18 Å². The Labute approximate surface area is 105 Å². The van der Waals surface area contributed by atoms with Crippen LogP contribution in [0.2, 0.25) is 0 Å². The van der Waals surface area contributed by atoms with Gasteiger partial charge in [-0.25, -0.2) is 4.39 Å². The van der Waals surface area contributed by atoms with Gasteiger partial charge in [0.05, 0.1) is 6.54 Å². The first-order chi connectivity index (χ1) is 8.90. The highest BCUT2D eigenvalue weighted by molar-refractivity contribution is 5.72. The van der Waals surface area contributed by atoms with Crippen LogP contribution in [0.3, 0.4) is 0 Å². The van der Waals surface area contributed by atoms with Gasteiger partial charge in [0.25, 0.3) is 0 Å². The molecule has 7 heteroatoms. The molecule has 19 heavy (non-hydrogen) atoms. The van der Waals surface area contributed by atoms with Crippen LogP contribution in [0.1, 0.15) is 21.7 Å². The quantitative estimate of drug-likeness (QED) is 0.636. The number of carbonyl (C=O) groups excluding carboxylic acids is 1. The summed E-state index contributed by atoms with van der Waals surface area (Å²) in [4.78, 5) is 10.7. The van der Waals surface area contributed by atoms with Crippen LogP contribution in [0, 0.1) is 5.82 Å². The fraction of sp³-hybridized carbons (Fsp3) is 0.167. The van der Waals surface area contributed by atoms with Crippen LogP contribution < -0.4 is 0 Å². The molecule has 0 saturated carbocycles. The molecule has 0 aliphatic carbocycles. The summed E-state index contributed by atoms with van der Waals surface area (Å²) in [6.07, 6.45) is -4.31. The second kappa shape index (κ2) is 4.83. The first-order valence-corrected chi connectivity index (χ1v) is 5.25. The molecule has 1 aromatic carbocycles. The summed E-state index contributed by atoms with van der Waals surface area (Å²) in [6.45, 7) is -0.0373. The topological polar surface area (TPSA) is 34.9 Å². The number of halogens is 4.